The molecule has 0 aliphatic heterocycles. The van der Waals surface area contributed by atoms with E-state index in [4.69, 9.17) is 5.73 Å². The van der Waals surface area contributed by atoms with Crippen molar-refractivity contribution in [2.75, 3.05) is 13.1 Å². The van der Waals surface area contributed by atoms with Crippen LogP contribution in [0.5, 0.6) is 0 Å². The monoisotopic (exact) mass is 276 g/mol. The van der Waals surface area contributed by atoms with Gasteiger partial charge in [-0.3, -0.25) is 4.79 Å². The zero-order chi connectivity index (χ0) is 15.0. The number of nitrogens with one attached hydrogen (secondary N) is 1. The summed E-state index contributed by atoms with van der Waals surface area (Å²) in [6, 6.07) is 8.88. The van der Waals surface area contributed by atoms with E-state index in [0.29, 0.717) is 0 Å². The van der Waals surface area contributed by atoms with Crippen molar-refractivity contribution in [1.82, 2.24) is 5.32 Å². The van der Waals surface area contributed by atoms with E-state index in [1.807, 2.05) is 0 Å². The number of carbonyl (C=O) groups is 1. The van der Waals surface area contributed by atoms with Crippen LogP contribution in [0, 0.1) is 6.92 Å². The molecule has 1 amide bonds. The van der Waals surface area contributed by atoms with E-state index in [1.54, 1.807) is 0 Å². The fraction of sp³-hybridized carbons (Fsp3) is 0.588. The van der Waals surface area contributed by atoms with Crippen LogP contribution in [-0.2, 0) is 10.2 Å². The van der Waals surface area contributed by atoms with Crippen molar-refractivity contribution < 1.29 is 4.79 Å². The minimum absolute atomic E-state index is 0.201. The summed E-state index contributed by atoms with van der Waals surface area (Å²) in [6.07, 6.45) is 4.48. The van der Waals surface area contributed by atoms with Gasteiger partial charge in [0.25, 0.3) is 0 Å². The minimum atomic E-state index is -0.294. The van der Waals surface area contributed by atoms with Crippen molar-refractivity contribution in [3.05, 3.63) is 35.4 Å². The Morgan fingerprint density at radius 1 is 1.20 bits per heavy atom. The molecule has 0 aliphatic carbocycles. The zero-order valence-electron chi connectivity index (χ0n) is 13.0. The van der Waals surface area contributed by atoms with E-state index < -0.39 is 0 Å². The first-order valence-corrected chi connectivity index (χ1v) is 7.60. The Hall–Kier alpha value is -1.35. The number of nitrogens with two attached hydrogens (primary N) is 1. The Kier molecular flexibility index (Phi) is 6.73. The van der Waals surface area contributed by atoms with Gasteiger partial charge in [-0.05, 0) is 43.7 Å². The fourth-order valence-electron chi connectivity index (χ4n) is 2.90. The molecule has 0 fully saturated rings. The molecular weight excluding hydrogens is 248 g/mol. The normalized spacial score (nSPS) is 13.9. The molecule has 1 aromatic rings. The van der Waals surface area contributed by atoms with Gasteiger partial charge in [-0.15, -0.1) is 0 Å². The van der Waals surface area contributed by atoms with Gasteiger partial charge in [0.15, 0.2) is 0 Å². The van der Waals surface area contributed by atoms with Crippen LogP contribution in [0.25, 0.3) is 0 Å². The highest BCUT2D eigenvalue weighted by atomic mass is 16.1. The lowest BCUT2D eigenvalue weighted by Crippen LogP contribution is -2.34. The number of benzene rings is 1. The summed E-state index contributed by atoms with van der Waals surface area (Å²) in [4.78, 5) is 10.8. The first kappa shape index (κ1) is 16.7. The third-order valence-corrected chi connectivity index (χ3v) is 4.15. The van der Waals surface area contributed by atoms with Crippen LogP contribution in [0.1, 0.15) is 50.7 Å². The number of rotatable bonds is 9. The van der Waals surface area contributed by atoms with E-state index in [1.165, 1.54) is 17.5 Å². The van der Waals surface area contributed by atoms with E-state index in [0.717, 1.165) is 25.8 Å². The molecule has 0 aliphatic rings. The third kappa shape index (κ3) is 4.64. The van der Waals surface area contributed by atoms with Crippen molar-refractivity contribution in [3.63, 3.8) is 0 Å². The Bertz CT molecular complexity index is 414. The Balaban J connectivity index is 2.79. The highest BCUT2D eigenvalue weighted by Crippen LogP contribution is 2.36. The maximum Gasteiger partial charge on any atom is 0.231 e. The summed E-state index contributed by atoms with van der Waals surface area (Å²) in [5.41, 5.74) is 8.07. The smallest absolute Gasteiger partial charge is 0.231 e. The largest absolute Gasteiger partial charge is 0.369 e. The highest BCUT2D eigenvalue weighted by Gasteiger charge is 2.28. The van der Waals surface area contributed by atoms with Gasteiger partial charge in [-0.25, -0.2) is 0 Å². The van der Waals surface area contributed by atoms with E-state index in [9.17, 15) is 4.79 Å². The second-order valence-corrected chi connectivity index (χ2v) is 5.64. The van der Waals surface area contributed by atoms with Crippen LogP contribution < -0.4 is 11.1 Å². The topological polar surface area (TPSA) is 55.1 Å². The first-order chi connectivity index (χ1) is 9.54. The average molecular weight is 276 g/mol. The van der Waals surface area contributed by atoms with Crippen LogP contribution in [-0.4, -0.2) is 19.0 Å². The van der Waals surface area contributed by atoms with Gasteiger partial charge in [0.2, 0.25) is 5.91 Å². The summed E-state index contributed by atoms with van der Waals surface area (Å²) >= 11 is 0. The van der Waals surface area contributed by atoms with Crippen molar-refractivity contribution >= 4 is 5.91 Å². The maximum atomic E-state index is 10.8. The molecule has 1 rings (SSSR count). The third-order valence-electron chi connectivity index (χ3n) is 4.15. The molecule has 112 valence electrons. The zero-order valence-corrected chi connectivity index (χ0v) is 13.0. The van der Waals surface area contributed by atoms with Crippen LogP contribution in [0.3, 0.4) is 0 Å². The predicted octanol–water partition coefficient (Wildman–Crippen LogP) is 2.91. The molecular formula is C17H28N2O. The van der Waals surface area contributed by atoms with Gasteiger partial charge in [-0.2, -0.15) is 0 Å². The van der Waals surface area contributed by atoms with Crippen LogP contribution >= 0.6 is 0 Å². The maximum absolute atomic E-state index is 10.8. The van der Waals surface area contributed by atoms with Crippen molar-refractivity contribution in [1.29, 1.82) is 0 Å². The number of carbonyl (C=O) groups excluding carboxylic acids is 1. The molecule has 3 heteroatoms. The molecule has 0 saturated heterocycles. The van der Waals surface area contributed by atoms with Gasteiger partial charge in [0.05, 0.1) is 6.54 Å². The van der Waals surface area contributed by atoms with Gasteiger partial charge in [0.1, 0.15) is 0 Å². The molecule has 1 aromatic carbocycles. The molecule has 0 aromatic heterocycles. The molecule has 0 heterocycles. The van der Waals surface area contributed by atoms with Crippen LogP contribution in [0.4, 0.5) is 0 Å². The van der Waals surface area contributed by atoms with Gasteiger partial charge < -0.3 is 11.1 Å². The summed E-state index contributed by atoms with van der Waals surface area (Å²) in [5, 5.41) is 3.14. The molecule has 0 saturated carbocycles. The van der Waals surface area contributed by atoms with Crippen molar-refractivity contribution in [2.24, 2.45) is 5.73 Å². The lowest BCUT2D eigenvalue weighted by molar-refractivity contribution is -0.117. The number of amides is 1. The lowest BCUT2D eigenvalue weighted by atomic mass is 9.72. The van der Waals surface area contributed by atoms with E-state index in [-0.39, 0.29) is 17.9 Å². The van der Waals surface area contributed by atoms with Crippen molar-refractivity contribution in [3.8, 4) is 0 Å². The van der Waals surface area contributed by atoms with Crippen LogP contribution in [0.2, 0.25) is 0 Å². The minimum Gasteiger partial charge on any atom is -0.369 e. The second kappa shape index (κ2) is 8.05. The number of hydrogen-bond donors (Lipinski definition) is 2. The predicted molar refractivity (Wildman–Crippen MR) is 84.7 cm³/mol. The second-order valence-electron chi connectivity index (χ2n) is 5.64. The Labute approximate surface area is 122 Å². The molecule has 1 unspecified atom stereocenters. The summed E-state index contributed by atoms with van der Waals surface area (Å²) in [5.74, 6) is -0.294. The lowest BCUT2D eigenvalue weighted by Gasteiger charge is -2.34. The molecule has 1 atom stereocenters. The number of aryl methyl sites for hydroxylation is 1. The fourth-order valence-corrected chi connectivity index (χ4v) is 2.90. The Morgan fingerprint density at radius 2 is 1.85 bits per heavy atom. The molecule has 0 spiro atoms. The average Bonchev–Trinajstić information content (AvgIpc) is 2.43. The summed E-state index contributed by atoms with van der Waals surface area (Å²) in [6.45, 7) is 7.69. The number of primary amides is 1. The highest BCUT2D eigenvalue weighted by molar-refractivity contribution is 5.75. The Morgan fingerprint density at radius 3 is 2.35 bits per heavy atom. The summed E-state index contributed by atoms with van der Waals surface area (Å²) < 4.78 is 0. The molecule has 0 radical (unpaired) electrons. The molecule has 20 heavy (non-hydrogen) atoms. The molecule has 3 N–H and O–H groups in total. The van der Waals surface area contributed by atoms with Gasteiger partial charge in [0, 0.05) is 0 Å². The van der Waals surface area contributed by atoms with E-state index >= 15 is 0 Å². The SMILES string of the molecule is CCCC(CC)(CCNCC(N)=O)c1ccc(C)cc1. The molecule has 3 nitrogen and oxygen atoms in total. The quantitative estimate of drug-likeness (QED) is 0.681. The number of hydrogen-bond acceptors (Lipinski definition) is 2. The van der Waals surface area contributed by atoms with Gasteiger partial charge in [-0.1, -0.05) is 50.1 Å². The standard InChI is InChI=1S/C17H28N2O/c1-4-10-17(5-2,11-12-19-13-16(18)20)15-8-6-14(3)7-9-15/h6-9,19H,4-5,10-13H2,1-3H3,(H2,18,20). The molecule has 0 bridgehead atoms. The van der Waals surface area contributed by atoms with Gasteiger partial charge >= 0.3 is 0 Å². The first-order valence-electron chi connectivity index (χ1n) is 7.60. The van der Waals surface area contributed by atoms with Crippen LogP contribution in [0.15, 0.2) is 24.3 Å². The summed E-state index contributed by atoms with van der Waals surface area (Å²) in [7, 11) is 0. The van der Waals surface area contributed by atoms with Crippen molar-refractivity contribution in [2.45, 2.75) is 51.9 Å². The van der Waals surface area contributed by atoms with E-state index in [2.05, 4.69) is 50.4 Å².